The normalized spacial score (nSPS) is 10.9. The smallest absolute Gasteiger partial charge is 0.338 e. The molecule has 0 atom stereocenters. The third kappa shape index (κ3) is 3.30. The molecular weight excluding hydrogens is 302 g/mol. The van der Waals surface area contributed by atoms with Gasteiger partial charge in [-0.1, -0.05) is 13.0 Å². The van der Waals surface area contributed by atoms with Crippen molar-refractivity contribution in [1.82, 2.24) is 14.5 Å². The lowest BCUT2D eigenvalue weighted by Crippen LogP contribution is -2.08. The molecule has 0 aliphatic rings. The number of hydrogen-bond acceptors (Lipinski definition) is 4. The highest BCUT2D eigenvalue weighted by atomic mass is 16.5. The number of aryl methyl sites for hydroxylation is 1. The molecule has 0 amide bonds. The van der Waals surface area contributed by atoms with E-state index in [1.807, 2.05) is 30.3 Å². The van der Waals surface area contributed by atoms with Gasteiger partial charge in [0, 0.05) is 12.6 Å². The SMILES string of the molecule is CCCc1nc2ccc(C(=O)OCC)cc2n1Cc1ccccn1. The number of esters is 1. The molecule has 0 fully saturated rings. The van der Waals surface area contributed by atoms with Gasteiger partial charge in [-0.3, -0.25) is 4.98 Å². The predicted octanol–water partition coefficient (Wildman–Crippen LogP) is 3.61. The van der Waals surface area contributed by atoms with E-state index in [9.17, 15) is 4.79 Å². The number of benzene rings is 1. The van der Waals surface area contributed by atoms with Crippen molar-refractivity contribution < 1.29 is 9.53 Å². The minimum atomic E-state index is -0.304. The van der Waals surface area contributed by atoms with Gasteiger partial charge in [-0.05, 0) is 43.7 Å². The zero-order valence-electron chi connectivity index (χ0n) is 14.0. The van der Waals surface area contributed by atoms with Crippen LogP contribution in [0.15, 0.2) is 42.6 Å². The van der Waals surface area contributed by atoms with E-state index in [-0.39, 0.29) is 5.97 Å². The van der Waals surface area contributed by atoms with Crippen LogP contribution in [0.25, 0.3) is 11.0 Å². The maximum absolute atomic E-state index is 12.0. The van der Waals surface area contributed by atoms with Crippen molar-refractivity contribution in [2.75, 3.05) is 6.61 Å². The van der Waals surface area contributed by atoms with E-state index in [4.69, 9.17) is 9.72 Å². The Morgan fingerprint density at radius 2 is 2.08 bits per heavy atom. The van der Waals surface area contributed by atoms with Crippen molar-refractivity contribution in [2.45, 2.75) is 33.2 Å². The molecular formula is C19H21N3O2. The van der Waals surface area contributed by atoms with E-state index in [0.717, 1.165) is 35.4 Å². The summed E-state index contributed by atoms with van der Waals surface area (Å²) in [4.78, 5) is 21.2. The lowest BCUT2D eigenvalue weighted by molar-refractivity contribution is 0.0526. The van der Waals surface area contributed by atoms with Gasteiger partial charge < -0.3 is 9.30 Å². The molecule has 2 aromatic heterocycles. The van der Waals surface area contributed by atoms with E-state index in [2.05, 4.69) is 16.5 Å². The maximum atomic E-state index is 12.0. The molecule has 0 saturated heterocycles. The molecule has 0 aliphatic heterocycles. The maximum Gasteiger partial charge on any atom is 0.338 e. The van der Waals surface area contributed by atoms with Crippen molar-refractivity contribution >= 4 is 17.0 Å². The van der Waals surface area contributed by atoms with Gasteiger partial charge in [0.25, 0.3) is 0 Å². The van der Waals surface area contributed by atoms with E-state index in [0.29, 0.717) is 18.7 Å². The van der Waals surface area contributed by atoms with Crippen molar-refractivity contribution in [1.29, 1.82) is 0 Å². The number of carbonyl (C=O) groups is 1. The predicted molar refractivity (Wildman–Crippen MR) is 93.0 cm³/mol. The van der Waals surface area contributed by atoms with Crippen LogP contribution in [0.5, 0.6) is 0 Å². The fraction of sp³-hybridized carbons (Fsp3) is 0.316. The Balaban J connectivity index is 2.06. The Morgan fingerprint density at radius 3 is 2.79 bits per heavy atom. The van der Waals surface area contributed by atoms with Gasteiger partial charge in [-0.2, -0.15) is 0 Å². The summed E-state index contributed by atoms with van der Waals surface area (Å²) in [6.07, 6.45) is 3.69. The Hall–Kier alpha value is -2.69. The molecule has 0 unspecified atom stereocenters. The number of ether oxygens (including phenoxy) is 1. The third-order valence-corrected chi connectivity index (χ3v) is 3.86. The molecule has 124 valence electrons. The first-order valence-electron chi connectivity index (χ1n) is 8.29. The fourth-order valence-electron chi connectivity index (χ4n) is 2.76. The number of hydrogen-bond donors (Lipinski definition) is 0. The Bertz CT molecular complexity index is 840. The van der Waals surface area contributed by atoms with Gasteiger partial charge in [-0.15, -0.1) is 0 Å². The van der Waals surface area contributed by atoms with E-state index >= 15 is 0 Å². The molecule has 0 spiro atoms. The summed E-state index contributed by atoms with van der Waals surface area (Å²) in [5, 5.41) is 0. The monoisotopic (exact) mass is 323 g/mol. The molecule has 0 radical (unpaired) electrons. The van der Waals surface area contributed by atoms with Crippen LogP contribution in [-0.4, -0.2) is 27.1 Å². The third-order valence-electron chi connectivity index (χ3n) is 3.86. The second-order valence-electron chi connectivity index (χ2n) is 5.61. The molecule has 3 aromatic rings. The lowest BCUT2D eigenvalue weighted by Gasteiger charge is -2.09. The van der Waals surface area contributed by atoms with Gasteiger partial charge in [-0.25, -0.2) is 9.78 Å². The van der Waals surface area contributed by atoms with Crippen LogP contribution in [0.2, 0.25) is 0 Å². The fourth-order valence-corrected chi connectivity index (χ4v) is 2.76. The molecule has 0 saturated carbocycles. The topological polar surface area (TPSA) is 57.0 Å². The van der Waals surface area contributed by atoms with Crippen LogP contribution in [0.1, 0.15) is 42.1 Å². The quantitative estimate of drug-likeness (QED) is 0.650. The molecule has 2 heterocycles. The largest absolute Gasteiger partial charge is 0.462 e. The van der Waals surface area contributed by atoms with Gasteiger partial charge in [0.2, 0.25) is 0 Å². The lowest BCUT2D eigenvalue weighted by atomic mass is 10.2. The molecule has 5 nitrogen and oxygen atoms in total. The summed E-state index contributed by atoms with van der Waals surface area (Å²) < 4.78 is 7.25. The zero-order valence-corrected chi connectivity index (χ0v) is 14.0. The highest BCUT2D eigenvalue weighted by molar-refractivity contribution is 5.93. The van der Waals surface area contributed by atoms with Crippen molar-refractivity contribution in [2.24, 2.45) is 0 Å². The van der Waals surface area contributed by atoms with Crippen LogP contribution in [0, 0.1) is 0 Å². The average molecular weight is 323 g/mol. The van der Waals surface area contributed by atoms with Crippen LogP contribution in [0.4, 0.5) is 0 Å². The first kappa shape index (κ1) is 16.2. The minimum Gasteiger partial charge on any atom is -0.462 e. The summed E-state index contributed by atoms with van der Waals surface area (Å²) in [7, 11) is 0. The van der Waals surface area contributed by atoms with Gasteiger partial charge in [0.1, 0.15) is 5.82 Å². The number of aromatic nitrogens is 3. The Labute approximate surface area is 141 Å². The molecule has 24 heavy (non-hydrogen) atoms. The summed E-state index contributed by atoms with van der Waals surface area (Å²) >= 11 is 0. The molecule has 0 N–H and O–H groups in total. The number of fused-ring (bicyclic) bond motifs is 1. The van der Waals surface area contributed by atoms with Crippen LogP contribution >= 0.6 is 0 Å². The average Bonchev–Trinajstić information content (AvgIpc) is 2.93. The summed E-state index contributed by atoms with van der Waals surface area (Å²) in [5.41, 5.74) is 3.35. The van der Waals surface area contributed by atoms with Crippen molar-refractivity contribution in [3.05, 3.63) is 59.7 Å². The number of nitrogens with zero attached hydrogens (tertiary/aromatic N) is 3. The van der Waals surface area contributed by atoms with Gasteiger partial charge in [0.05, 0.1) is 35.4 Å². The van der Waals surface area contributed by atoms with Gasteiger partial charge >= 0.3 is 5.97 Å². The Morgan fingerprint density at radius 1 is 1.21 bits per heavy atom. The minimum absolute atomic E-state index is 0.304. The second-order valence-corrected chi connectivity index (χ2v) is 5.61. The van der Waals surface area contributed by atoms with Gasteiger partial charge in [0.15, 0.2) is 0 Å². The molecule has 0 bridgehead atoms. The molecule has 0 aliphatic carbocycles. The van der Waals surface area contributed by atoms with E-state index in [1.54, 1.807) is 19.2 Å². The summed E-state index contributed by atoms with van der Waals surface area (Å²) in [6.45, 7) is 4.94. The van der Waals surface area contributed by atoms with Crippen LogP contribution in [0.3, 0.4) is 0 Å². The number of carbonyl (C=O) groups excluding carboxylic acids is 1. The standard InChI is InChI=1S/C19H21N3O2/c1-3-7-18-21-16-10-9-14(19(23)24-4-2)12-17(16)22(18)13-15-8-5-6-11-20-15/h5-6,8-12H,3-4,7,13H2,1-2H3. The van der Waals surface area contributed by atoms with Crippen molar-refractivity contribution in [3.8, 4) is 0 Å². The Kier molecular flexibility index (Phi) is 4.89. The first-order chi connectivity index (χ1) is 11.7. The van der Waals surface area contributed by atoms with E-state index in [1.165, 1.54) is 0 Å². The highest BCUT2D eigenvalue weighted by Crippen LogP contribution is 2.21. The number of imidazole rings is 1. The van der Waals surface area contributed by atoms with Crippen LogP contribution < -0.4 is 0 Å². The van der Waals surface area contributed by atoms with Crippen molar-refractivity contribution in [3.63, 3.8) is 0 Å². The summed E-state index contributed by atoms with van der Waals surface area (Å²) in [6, 6.07) is 11.4. The molecule has 5 heteroatoms. The molecule has 3 rings (SSSR count). The van der Waals surface area contributed by atoms with E-state index < -0.39 is 0 Å². The molecule has 1 aromatic carbocycles. The highest BCUT2D eigenvalue weighted by Gasteiger charge is 2.14. The number of pyridine rings is 1. The number of rotatable bonds is 6. The zero-order chi connectivity index (χ0) is 16.9. The summed E-state index contributed by atoms with van der Waals surface area (Å²) in [5.74, 6) is 0.709. The first-order valence-corrected chi connectivity index (χ1v) is 8.29. The van der Waals surface area contributed by atoms with Crippen LogP contribution in [-0.2, 0) is 17.7 Å². The second kappa shape index (κ2) is 7.25.